The van der Waals surface area contributed by atoms with Crippen LogP contribution in [0.15, 0.2) is 35.6 Å². The number of nitrogens with zero attached hydrogens (tertiary/aromatic N) is 1. The van der Waals surface area contributed by atoms with Crippen LogP contribution in [0.2, 0.25) is 0 Å². The van der Waals surface area contributed by atoms with E-state index in [4.69, 9.17) is 9.47 Å². The van der Waals surface area contributed by atoms with Gasteiger partial charge in [-0.2, -0.15) is 0 Å². The predicted octanol–water partition coefficient (Wildman–Crippen LogP) is 2.50. The number of hydrogen-bond donors (Lipinski definition) is 1. The van der Waals surface area contributed by atoms with E-state index >= 15 is 0 Å². The topological polar surface area (TPSA) is 50.8 Å². The fourth-order valence-electron chi connectivity index (χ4n) is 3.04. The molecule has 0 bridgehead atoms. The van der Waals surface area contributed by atoms with Crippen LogP contribution >= 0.6 is 0 Å². The Morgan fingerprint density at radius 3 is 2.86 bits per heavy atom. The molecule has 2 atom stereocenters. The van der Waals surface area contributed by atoms with Crippen LogP contribution in [0.5, 0.6) is 0 Å². The van der Waals surface area contributed by atoms with Crippen LogP contribution in [-0.2, 0) is 14.3 Å². The Bertz CT molecular complexity index is 597. The molecule has 21 heavy (non-hydrogen) atoms. The maximum atomic E-state index is 12.2. The Kier molecular flexibility index (Phi) is 3.49. The number of likely N-dealkylation sites (N-methyl/N-ethyl adjacent to an activating group) is 1. The van der Waals surface area contributed by atoms with Gasteiger partial charge in [0.05, 0.1) is 18.0 Å². The molecule has 112 valence electrons. The minimum atomic E-state index is -0.301. The van der Waals surface area contributed by atoms with Crippen molar-refractivity contribution in [3.63, 3.8) is 0 Å². The van der Waals surface area contributed by atoms with Crippen molar-refractivity contribution in [2.45, 2.75) is 33.0 Å². The fraction of sp³-hybridized carbons (Fsp3) is 0.438. The molecule has 1 aromatic rings. The van der Waals surface area contributed by atoms with Crippen LogP contribution in [0.1, 0.15) is 20.8 Å². The molecule has 5 nitrogen and oxygen atoms in total. The van der Waals surface area contributed by atoms with Gasteiger partial charge in [-0.1, -0.05) is 12.1 Å². The molecule has 0 saturated heterocycles. The summed E-state index contributed by atoms with van der Waals surface area (Å²) in [5, 5.41) is 3.42. The highest BCUT2D eigenvalue weighted by Gasteiger charge is 2.45. The molecule has 0 aromatic heterocycles. The summed E-state index contributed by atoms with van der Waals surface area (Å²) in [7, 11) is 0. The zero-order chi connectivity index (χ0) is 15.0. The van der Waals surface area contributed by atoms with Gasteiger partial charge in [0, 0.05) is 6.54 Å². The molecule has 1 aromatic carbocycles. The smallest absolute Gasteiger partial charge is 0.339 e. The van der Waals surface area contributed by atoms with Gasteiger partial charge in [0.2, 0.25) is 0 Å². The lowest BCUT2D eigenvalue weighted by molar-refractivity contribution is -0.138. The standard InChI is InChI=1S/C16H20N2O3/c1-4-18-12-9-7-6-8-11(12)17-14-13(16(19)20-5-2)10(3)21-15(14)18/h6-9,14-15,17H,4-5H2,1-3H3. The van der Waals surface area contributed by atoms with Gasteiger partial charge in [-0.25, -0.2) is 4.79 Å². The highest BCUT2D eigenvalue weighted by atomic mass is 16.5. The molecule has 2 heterocycles. The molecule has 0 aliphatic carbocycles. The van der Waals surface area contributed by atoms with Crippen molar-refractivity contribution < 1.29 is 14.3 Å². The molecule has 5 heteroatoms. The van der Waals surface area contributed by atoms with E-state index in [1.807, 2.05) is 32.0 Å². The monoisotopic (exact) mass is 288 g/mol. The SMILES string of the molecule is CCOC(=O)C1=C(C)OC2C1Nc1ccccc1N2CC. The summed E-state index contributed by atoms with van der Waals surface area (Å²) >= 11 is 0. The fourth-order valence-corrected chi connectivity index (χ4v) is 3.04. The second kappa shape index (κ2) is 5.31. The number of nitrogens with one attached hydrogen (secondary N) is 1. The summed E-state index contributed by atoms with van der Waals surface area (Å²) < 4.78 is 11.1. The van der Waals surface area contributed by atoms with Crippen LogP contribution in [0.3, 0.4) is 0 Å². The molecule has 2 aliphatic rings. The first-order valence-electron chi connectivity index (χ1n) is 7.34. The van der Waals surface area contributed by atoms with Crippen LogP contribution in [0, 0.1) is 0 Å². The number of benzene rings is 1. The molecule has 0 radical (unpaired) electrons. The molecule has 0 saturated carbocycles. The van der Waals surface area contributed by atoms with E-state index in [0.29, 0.717) is 17.9 Å². The van der Waals surface area contributed by atoms with Crippen molar-refractivity contribution in [2.75, 3.05) is 23.4 Å². The maximum absolute atomic E-state index is 12.2. The summed E-state index contributed by atoms with van der Waals surface area (Å²) in [5.74, 6) is 0.340. The zero-order valence-corrected chi connectivity index (χ0v) is 12.6. The largest absolute Gasteiger partial charge is 0.472 e. The third-order valence-corrected chi connectivity index (χ3v) is 3.94. The molecule has 0 spiro atoms. The highest BCUT2D eigenvalue weighted by molar-refractivity contribution is 5.93. The number of hydrogen-bond acceptors (Lipinski definition) is 5. The number of carbonyl (C=O) groups excluding carboxylic acids is 1. The van der Waals surface area contributed by atoms with Crippen LogP contribution < -0.4 is 10.2 Å². The van der Waals surface area contributed by atoms with Gasteiger partial charge in [-0.15, -0.1) is 0 Å². The van der Waals surface area contributed by atoms with Gasteiger partial charge in [-0.05, 0) is 32.9 Å². The summed E-state index contributed by atoms with van der Waals surface area (Å²) in [6.07, 6.45) is -0.204. The molecular weight excluding hydrogens is 268 g/mol. The number of allylic oxidation sites excluding steroid dienone is 1. The first-order valence-corrected chi connectivity index (χ1v) is 7.34. The second-order valence-electron chi connectivity index (χ2n) is 5.12. The average Bonchev–Trinajstić information content (AvgIpc) is 2.80. The third kappa shape index (κ3) is 2.13. The Morgan fingerprint density at radius 1 is 1.38 bits per heavy atom. The van der Waals surface area contributed by atoms with E-state index in [2.05, 4.69) is 23.2 Å². The predicted molar refractivity (Wildman–Crippen MR) is 81.1 cm³/mol. The lowest BCUT2D eigenvalue weighted by atomic mass is 10.0. The number of esters is 1. The van der Waals surface area contributed by atoms with E-state index in [9.17, 15) is 4.79 Å². The second-order valence-corrected chi connectivity index (χ2v) is 5.12. The summed E-state index contributed by atoms with van der Waals surface area (Å²) in [4.78, 5) is 14.4. The molecular formula is C16H20N2O3. The normalized spacial score (nSPS) is 23.1. The minimum absolute atomic E-state index is 0.195. The first kappa shape index (κ1) is 13.8. The Labute approximate surface area is 124 Å². The number of para-hydroxylation sites is 2. The zero-order valence-electron chi connectivity index (χ0n) is 12.6. The van der Waals surface area contributed by atoms with Gasteiger partial charge in [0.25, 0.3) is 0 Å². The Morgan fingerprint density at radius 2 is 2.14 bits per heavy atom. The van der Waals surface area contributed by atoms with Crippen molar-refractivity contribution in [3.05, 3.63) is 35.6 Å². The Hall–Kier alpha value is -2.17. The van der Waals surface area contributed by atoms with Gasteiger partial charge in [-0.3, -0.25) is 0 Å². The van der Waals surface area contributed by atoms with E-state index < -0.39 is 0 Å². The number of fused-ring (bicyclic) bond motifs is 2. The number of ether oxygens (including phenoxy) is 2. The van der Waals surface area contributed by atoms with E-state index in [-0.39, 0.29) is 18.2 Å². The van der Waals surface area contributed by atoms with E-state index in [0.717, 1.165) is 17.9 Å². The van der Waals surface area contributed by atoms with Gasteiger partial charge in [0.15, 0.2) is 6.23 Å². The molecule has 0 amide bonds. The Balaban J connectivity index is 1.98. The quantitative estimate of drug-likeness (QED) is 0.866. The summed E-state index contributed by atoms with van der Waals surface area (Å²) in [6, 6.07) is 7.87. The third-order valence-electron chi connectivity index (χ3n) is 3.94. The molecule has 3 rings (SSSR count). The van der Waals surface area contributed by atoms with Gasteiger partial charge >= 0.3 is 5.97 Å². The average molecular weight is 288 g/mol. The number of rotatable bonds is 3. The van der Waals surface area contributed by atoms with Crippen LogP contribution in [-0.4, -0.2) is 31.4 Å². The lowest BCUT2D eigenvalue weighted by Crippen LogP contribution is -2.50. The molecule has 0 fully saturated rings. The van der Waals surface area contributed by atoms with E-state index in [1.165, 1.54) is 0 Å². The van der Waals surface area contributed by atoms with Crippen LogP contribution in [0.25, 0.3) is 0 Å². The minimum Gasteiger partial charge on any atom is -0.472 e. The van der Waals surface area contributed by atoms with Crippen molar-refractivity contribution in [1.29, 1.82) is 0 Å². The van der Waals surface area contributed by atoms with Crippen molar-refractivity contribution >= 4 is 17.3 Å². The van der Waals surface area contributed by atoms with Crippen molar-refractivity contribution in [2.24, 2.45) is 0 Å². The lowest BCUT2D eigenvalue weighted by Gasteiger charge is -2.40. The molecule has 2 unspecified atom stereocenters. The first-order chi connectivity index (χ1) is 10.2. The number of carbonyl (C=O) groups is 1. The van der Waals surface area contributed by atoms with Gasteiger partial charge < -0.3 is 19.7 Å². The van der Waals surface area contributed by atoms with Crippen LogP contribution in [0.4, 0.5) is 11.4 Å². The van der Waals surface area contributed by atoms with Crippen molar-refractivity contribution in [1.82, 2.24) is 0 Å². The highest BCUT2D eigenvalue weighted by Crippen LogP contribution is 2.40. The van der Waals surface area contributed by atoms with Crippen molar-refractivity contribution in [3.8, 4) is 0 Å². The maximum Gasteiger partial charge on any atom is 0.339 e. The molecule has 2 aliphatic heterocycles. The molecule has 1 N–H and O–H groups in total. The van der Waals surface area contributed by atoms with Gasteiger partial charge in [0.1, 0.15) is 17.4 Å². The summed E-state index contributed by atoms with van der Waals surface area (Å²) in [5.41, 5.74) is 2.70. The summed E-state index contributed by atoms with van der Waals surface area (Å²) in [6.45, 7) is 6.89. The van der Waals surface area contributed by atoms with E-state index in [1.54, 1.807) is 0 Å². The number of anilines is 2.